The Kier molecular flexibility index (Phi) is 3.11. The summed E-state index contributed by atoms with van der Waals surface area (Å²) in [5, 5.41) is 12.8. The molecule has 1 aliphatic rings. The van der Waals surface area contributed by atoms with E-state index >= 15 is 0 Å². The van der Waals surface area contributed by atoms with E-state index in [1.54, 1.807) is 0 Å². The Bertz CT molecular complexity index is 368. The van der Waals surface area contributed by atoms with Gasteiger partial charge in [0.25, 0.3) is 0 Å². The molecule has 0 spiro atoms. The Hall–Kier alpha value is -0.760. The van der Waals surface area contributed by atoms with Crippen LogP contribution in [0.2, 0.25) is 0 Å². The highest BCUT2D eigenvalue weighted by atomic mass is 32.2. The topological polar surface area (TPSA) is 59.2 Å². The molecule has 2 atom stereocenters. The second kappa shape index (κ2) is 4.25. The van der Waals surface area contributed by atoms with Crippen LogP contribution in [0.3, 0.4) is 0 Å². The highest BCUT2D eigenvalue weighted by Gasteiger charge is 2.34. The van der Waals surface area contributed by atoms with E-state index < -0.39 is 18.7 Å². The SMILES string of the molecule is OC1CSCC1c1nc(CC(F)(F)F)no1. The van der Waals surface area contributed by atoms with E-state index in [4.69, 9.17) is 4.52 Å². The van der Waals surface area contributed by atoms with E-state index in [9.17, 15) is 18.3 Å². The monoisotopic (exact) mass is 254 g/mol. The summed E-state index contributed by atoms with van der Waals surface area (Å²) in [5.74, 6) is 0.499. The minimum absolute atomic E-state index is 0.0942. The fraction of sp³-hybridized carbons (Fsp3) is 0.750. The van der Waals surface area contributed by atoms with Crippen molar-refractivity contribution in [2.24, 2.45) is 0 Å². The molecule has 8 heteroatoms. The van der Waals surface area contributed by atoms with Crippen LogP contribution in [-0.4, -0.2) is 39.0 Å². The molecule has 0 bridgehead atoms. The predicted octanol–water partition coefficient (Wildman–Crippen LogP) is 1.37. The molecule has 1 fully saturated rings. The smallest absolute Gasteiger partial charge is 0.391 e. The van der Waals surface area contributed by atoms with Crippen LogP contribution in [0.4, 0.5) is 13.2 Å². The van der Waals surface area contributed by atoms with Crippen molar-refractivity contribution < 1.29 is 22.8 Å². The van der Waals surface area contributed by atoms with Gasteiger partial charge in [0.15, 0.2) is 5.82 Å². The summed E-state index contributed by atoms with van der Waals surface area (Å²) in [6, 6.07) is 0. The molecule has 1 N–H and O–H groups in total. The number of aromatic nitrogens is 2. The number of hydrogen-bond donors (Lipinski definition) is 1. The Balaban J connectivity index is 2.07. The van der Waals surface area contributed by atoms with E-state index in [0.717, 1.165) is 0 Å². The zero-order valence-corrected chi connectivity index (χ0v) is 8.88. The maximum absolute atomic E-state index is 12.0. The molecule has 90 valence electrons. The molecule has 1 aromatic heterocycles. The number of nitrogens with zero attached hydrogens (tertiary/aromatic N) is 2. The number of thioether (sulfide) groups is 1. The van der Waals surface area contributed by atoms with Gasteiger partial charge in [-0.1, -0.05) is 5.16 Å². The maximum atomic E-state index is 12.0. The maximum Gasteiger partial charge on any atom is 0.396 e. The summed E-state index contributed by atoms with van der Waals surface area (Å²) < 4.78 is 40.8. The summed E-state index contributed by atoms with van der Waals surface area (Å²) in [4.78, 5) is 3.66. The first-order valence-electron chi connectivity index (χ1n) is 4.61. The van der Waals surface area contributed by atoms with Crippen LogP contribution < -0.4 is 0 Å². The number of aliphatic hydroxyl groups excluding tert-OH is 1. The summed E-state index contributed by atoms with van der Waals surface area (Å²) in [6.07, 6.45) is -6.17. The second-order valence-electron chi connectivity index (χ2n) is 3.55. The van der Waals surface area contributed by atoms with E-state index in [1.807, 2.05) is 0 Å². The van der Waals surface area contributed by atoms with Crippen LogP contribution in [-0.2, 0) is 6.42 Å². The number of aliphatic hydroxyl groups is 1. The number of rotatable bonds is 2. The third-order valence-corrected chi connectivity index (χ3v) is 3.38. The van der Waals surface area contributed by atoms with Gasteiger partial charge < -0.3 is 9.63 Å². The average Bonchev–Trinajstić information content (AvgIpc) is 2.71. The van der Waals surface area contributed by atoms with Crippen LogP contribution in [0.15, 0.2) is 4.52 Å². The van der Waals surface area contributed by atoms with Gasteiger partial charge in [0.05, 0.1) is 12.0 Å². The third kappa shape index (κ3) is 2.67. The van der Waals surface area contributed by atoms with E-state index in [-0.39, 0.29) is 17.6 Å². The fourth-order valence-corrected chi connectivity index (χ4v) is 2.68. The zero-order valence-electron chi connectivity index (χ0n) is 8.07. The van der Waals surface area contributed by atoms with Gasteiger partial charge in [-0.05, 0) is 0 Å². The van der Waals surface area contributed by atoms with Gasteiger partial charge in [-0.3, -0.25) is 0 Å². The molecular weight excluding hydrogens is 245 g/mol. The molecular formula is C8H9F3N2O2S. The molecule has 16 heavy (non-hydrogen) atoms. The van der Waals surface area contributed by atoms with Gasteiger partial charge >= 0.3 is 6.18 Å². The van der Waals surface area contributed by atoms with Gasteiger partial charge in [-0.25, -0.2) is 0 Å². The van der Waals surface area contributed by atoms with Crippen LogP contribution in [0.25, 0.3) is 0 Å². The highest BCUT2D eigenvalue weighted by molar-refractivity contribution is 7.99. The molecule has 2 heterocycles. The van der Waals surface area contributed by atoms with Gasteiger partial charge in [0.1, 0.15) is 6.42 Å². The molecule has 2 rings (SSSR count). The standard InChI is InChI=1S/C8H9F3N2O2S/c9-8(10,11)1-6-12-7(15-13-6)4-2-16-3-5(4)14/h4-5,14H,1-3H2. The predicted molar refractivity (Wildman–Crippen MR) is 50.1 cm³/mol. The van der Waals surface area contributed by atoms with Crippen LogP contribution in [0.5, 0.6) is 0 Å². The van der Waals surface area contributed by atoms with Crippen molar-refractivity contribution in [1.82, 2.24) is 10.1 Å². The lowest BCUT2D eigenvalue weighted by atomic mass is 10.1. The van der Waals surface area contributed by atoms with E-state index in [0.29, 0.717) is 11.5 Å². The van der Waals surface area contributed by atoms with Gasteiger partial charge in [0, 0.05) is 11.5 Å². The third-order valence-electron chi connectivity index (χ3n) is 2.21. The fourth-order valence-electron chi connectivity index (χ4n) is 1.45. The lowest BCUT2D eigenvalue weighted by molar-refractivity contribution is -0.128. The largest absolute Gasteiger partial charge is 0.396 e. The summed E-state index contributed by atoms with van der Waals surface area (Å²) in [7, 11) is 0. The van der Waals surface area contributed by atoms with Gasteiger partial charge in [0.2, 0.25) is 5.89 Å². The van der Waals surface area contributed by atoms with Crippen molar-refractivity contribution in [1.29, 1.82) is 0 Å². The summed E-state index contributed by atoms with van der Waals surface area (Å²) >= 11 is 1.51. The first-order valence-corrected chi connectivity index (χ1v) is 5.76. The zero-order chi connectivity index (χ0) is 11.8. The molecule has 4 nitrogen and oxygen atoms in total. The lowest BCUT2D eigenvalue weighted by Gasteiger charge is -2.06. The van der Waals surface area contributed by atoms with Crippen LogP contribution >= 0.6 is 11.8 Å². The molecule has 2 unspecified atom stereocenters. The minimum atomic E-state index is -4.34. The minimum Gasteiger partial charge on any atom is -0.391 e. The molecule has 0 amide bonds. The lowest BCUT2D eigenvalue weighted by Crippen LogP contribution is -2.16. The quantitative estimate of drug-likeness (QED) is 0.863. The molecule has 1 aliphatic heterocycles. The molecule has 0 aliphatic carbocycles. The van der Waals surface area contributed by atoms with Crippen molar-refractivity contribution in [2.45, 2.75) is 24.6 Å². The van der Waals surface area contributed by atoms with Crippen molar-refractivity contribution in [3.8, 4) is 0 Å². The van der Waals surface area contributed by atoms with Crippen LogP contribution in [0, 0.1) is 0 Å². The Morgan fingerprint density at radius 2 is 2.19 bits per heavy atom. The average molecular weight is 254 g/mol. The summed E-state index contributed by atoms with van der Waals surface area (Å²) in [6.45, 7) is 0. The normalized spacial score (nSPS) is 26.2. The van der Waals surface area contributed by atoms with E-state index in [1.165, 1.54) is 11.8 Å². The van der Waals surface area contributed by atoms with Crippen molar-refractivity contribution >= 4 is 11.8 Å². The second-order valence-corrected chi connectivity index (χ2v) is 4.63. The first kappa shape index (κ1) is 11.7. The van der Waals surface area contributed by atoms with Crippen LogP contribution in [0.1, 0.15) is 17.6 Å². The first-order chi connectivity index (χ1) is 7.46. The number of halogens is 3. The number of hydrogen-bond acceptors (Lipinski definition) is 5. The van der Waals surface area contributed by atoms with E-state index in [2.05, 4.69) is 10.1 Å². The Morgan fingerprint density at radius 3 is 2.75 bits per heavy atom. The molecule has 0 aromatic carbocycles. The Morgan fingerprint density at radius 1 is 1.44 bits per heavy atom. The van der Waals surface area contributed by atoms with Crippen molar-refractivity contribution in [3.63, 3.8) is 0 Å². The molecule has 0 saturated carbocycles. The Labute approximate surface area is 93.2 Å². The molecule has 0 radical (unpaired) electrons. The van der Waals surface area contributed by atoms with Gasteiger partial charge in [-0.2, -0.15) is 29.9 Å². The highest BCUT2D eigenvalue weighted by Crippen LogP contribution is 2.32. The van der Waals surface area contributed by atoms with Gasteiger partial charge in [-0.15, -0.1) is 0 Å². The summed E-state index contributed by atoms with van der Waals surface area (Å²) in [5.41, 5.74) is 0. The van der Waals surface area contributed by atoms with Crippen molar-refractivity contribution in [2.75, 3.05) is 11.5 Å². The van der Waals surface area contributed by atoms with Crippen molar-refractivity contribution in [3.05, 3.63) is 11.7 Å². The molecule has 1 saturated heterocycles. The number of alkyl halides is 3. The molecule has 1 aromatic rings.